The van der Waals surface area contributed by atoms with E-state index in [-0.39, 0.29) is 6.03 Å². The lowest BCUT2D eigenvalue weighted by Gasteiger charge is -2.13. The lowest BCUT2D eigenvalue weighted by molar-refractivity contribution is 0.0527. The molecule has 0 aliphatic rings. The van der Waals surface area contributed by atoms with E-state index in [0.717, 1.165) is 0 Å². The Morgan fingerprint density at radius 2 is 2.10 bits per heavy atom. The third-order valence-corrected chi connectivity index (χ3v) is 2.40. The van der Waals surface area contributed by atoms with Crippen LogP contribution in [0.25, 0.3) is 0 Å². The van der Waals surface area contributed by atoms with Gasteiger partial charge in [-0.05, 0) is 19.1 Å². The van der Waals surface area contributed by atoms with E-state index in [0.29, 0.717) is 31.1 Å². The number of amides is 2. The first-order valence-electron chi connectivity index (χ1n) is 6.37. The molecule has 1 heterocycles. The van der Waals surface area contributed by atoms with E-state index >= 15 is 0 Å². The van der Waals surface area contributed by atoms with E-state index < -0.39 is 5.97 Å². The quantitative estimate of drug-likeness (QED) is 0.598. The normalized spacial score (nSPS) is 9.75. The van der Waals surface area contributed by atoms with Crippen LogP contribution in [-0.2, 0) is 4.74 Å². The maximum absolute atomic E-state index is 11.7. The summed E-state index contributed by atoms with van der Waals surface area (Å²) in [6, 6.07) is 3.15. The summed E-state index contributed by atoms with van der Waals surface area (Å²) < 4.78 is 4.95. The molecule has 2 N–H and O–H groups in total. The maximum Gasteiger partial charge on any atom is 0.341 e. The average molecular weight is 280 g/mol. The number of pyridine rings is 1. The number of esters is 1. The fraction of sp³-hybridized carbons (Fsp3) is 0.462. The Bertz CT molecular complexity index is 463. The highest BCUT2D eigenvalue weighted by atomic mass is 16.5. The van der Waals surface area contributed by atoms with Crippen LogP contribution in [0.2, 0.25) is 0 Å². The fourth-order valence-electron chi connectivity index (χ4n) is 1.43. The Hall–Kier alpha value is -2.31. The van der Waals surface area contributed by atoms with Crippen LogP contribution in [0.4, 0.5) is 10.6 Å². The molecule has 0 aliphatic heterocycles. The van der Waals surface area contributed by atoms with Crippen LogP contribution in [0.15, 0.2) is 18.3 Å². The van der Waals surface area contributed by atoms with Crippen molar-refractivity contribution in [1.29, 1.82) is 0 Å². The van der Waals surface area contributed by atoms with Crippen LogP contribution in [-0.4, -0.2) is 55.7 Å². The first-order valence-corrected chi connectivity index (χ1v) is 6.37. The van der Waals surface area contributed by atoms with Crippen LogP contribution >= 0.6 is 0 Å². The van der Waals surface area contributed by atoms with Gasteiger partial charge in [-0.2, -0.15) is 0 Å². The summed E-state index contributed by atoms with van der Waals surface area (Å²) in [4.78, 5) is 28.6. The second kappa shape index (κ2) is 7.98. The number of ether oxygens (including phenoxy) is 1. The van der Waals surface area contributed by atoms with Gasteiger partial charge in [0.1, 0.15) is 11.4 Å². The Labute approximate surface area is 118 Å². The molecule has 0 saturated carbocycles. The van der Waals surface area contributed by atoms with Gasteiger partial charge in [0.15, 0.2) is 0 Å². The first-order chi connectivity index (χ1) is 9.56. The topological polar surface area (TPSA) is 83.6 Å². The van der Waals surface area contributed by atoms with Gasteiger partial charge in [0.2, 0.25) is 0 Å². The van der Waals surface area contributed by atoms with E-state index in [9.17, 15) is 9.59 Å². The molecule has 1 aromatic rings. The van der Waals surface area contributed by atoms with Crippen molar-refractivity contribution in [1.82, 2.24) is 15.2 Å². The van der Waals surface area contributed by atoms with Crippen molar-refractivity contribution in [3.63, 3.8) is 0 Å². The smallest absolute Gasteiger partial charge is 0.341 e. The van der Waals surface area contributed by atoms with Gasteiger partial charge >= 0.3 is 12.0 Å². The summed E-state index contributed by atoms with van der Waals surface area (Å²) in [6.45, 7) is 2.95. The van der Waals surface area contributed by atoms with Crippen molar-refractivity contribution in [3.05, 3.63) is 23.9 Å². The monoisotopic (exact) mass is 280 g/mol. The SMILES string of the molecule is CCOC(=O)c1cccnc1NCCNC(=O)N(C)C. The molecule has 1 aromatic heterocycles. The van der Waals surface area contributed by atoms with Gasteiger partial charge in [-0.25, -0.2) is 14.6 Å². The molecule has 0 unspecified atom stereocenters. The highest BCUT2D eigenvalue weighted by Gasteiger charge is 2.12. The minimum absolute atomic E-state index is 0.168. The molecule has 7 nitrogen and oxygen atoms in total. The molecule has 7 heteroatoms. The predicted molar refractivity (Wildman–Crippen MR) is 75.8 cm³/mol. The van der Waals surface area contributed by atoms with E-state index in [2.05, 4.69) is 15.6 Å². The van der Waals surface area contributed by atoms with Gasteiger partial charge in [-0.1, -0.05) is 0 Å². The number of hydrogen-bond donors (Lipinski definition) is 2. The number of anilines is 1. The van der Waals surface area contributed by atoms with E-state index in [1.807, 2.05) is 0 Å². The molecule has 0 atom stereocenters. The molecule has 0 bridgehead atoms. The van der Waals surface area contributed by atoms with Gasteiger partial charge in [0.05, 0.1) is 6.61 Å². The summed E-state index contributed by atoms with van der Waals surface area (Å²) in [6.07, 6.45) is 1.59. The molecule has 0 saturated heterocycles. The average Bonchev–Trinajstić information content (AvgIpc) is 2.43. The lowest BCUT2D eigenvalue weighted by Crippen LogP contribution is -2.37. The lowest BCUT2D eigenvalue weighted by atomic mass is 10.2. The summed E-state index contributed by atoms with van der Waals surface area (Å²) in [5, 5.41) is 5.71. The Morgan fingerprint density at radius 1 is 1.35 bits per heavy atom. The Kier molecular flexibility index (Phi) is 6.28. The zero-order valence-electron chi connectivity index (χ0n) is 12.0. The number of rotatable bonds is 6. The minimum atomic E-state index is -0.416. The highest BCUT2D eigenvalue weighted by Crippen LogP contribution is 2.12. The second-order valence-corrected chi connectivity index (χ2v) is 4.17. The molecule has 1 rings (SSSR count). The Balaban J connectivity index is 2.52. The molecule has 2 amide bonds. The highest BCUT2D eigenvalue weighted by molar-refractivity contribution is 5.94. The summed E-state index contributed by atoms with van der Waals surface area (Å²) in [5.41, 5.74) is 0.383. The summed E-state index contributed by atoms with van der Waals surface area (Å²) in [5.74, 6) is 0.0329. The van der Waals surface area contributed by atoms with Crippen molar-refractivity contribution in [2.75, 3.05) is 39.1 Å². The zero-order chi connectivity index (χ0) is 15.0. The molecular weight excluding hydrogens is 260 g/mol. The third kappa shape index (κ3) is 4.75. The number of aromatic nitrogens is 1. The van der Waals surface area contributed by atoms with Crippen molar-refractivity contribution in [2.45, 2.75) is 6.92 Å². The Morgan fingerprint density at radius 3 is 2.75 bits per heavy atom. The van der Waals surface area contributed by atoms with Gasteiger partial charge in [-0.3, -0.25) is 0 Å². The predicted octanol–water partition coefficient (Wildman–Crippen LogP) is 0.941. The number of carbonyl (C=O) groups is 2. The van der Waals surface area contributed by atoms with Crippen molar-refractivity contribution in [2.24, 2.45) is 0 Å². The number of hydrogen-bond acceptors (Lipinski definition) is 5. The van der Waals surface area contributed by atoms with E-state index in [1.165, 1.54) is 4.90 Å². The largest absolute Gasteiger partial charge is 0.462 e. The van der Waals surface area contributed by atoms with Gasteiger partial charge in [0, 0.05) is 33.4 Å². The van der Waals surface area contributed by atoms with Crippen LogP contribution in [0, 0.1) is 0 Å². The molecule has 20 heavy (non-hydrogen) atoms. The van der Waals surface area contributed by atoms with Crippen LogP contribution in [0.5, 0.6) is 0 Å². The molecular formula is C13H20N4O3. The van der Waals surface area contributed by atoms with Crippen molar-refractivity contribution < 1.29 is 14.3 Å². The second-order valence-electron chi connectivity index (χ2n) is 4.17. The molecule has 0 aliphatic carbocycles. The van der Waals surface area contributed by atoms with Gasteiger partial charge in [-0.15, -0.1) is 0 Å². The van der Waals surface area contributed by atoms with Crippen molar-refractivity contribution in [3.8, 4) is 0 Å². The number of carbonyl (C=O) groups excluding carboxylic acids is 2. The van der Waals surface area contributed by atoms with Crippen LogP contribution in [0.3, 0.4) is 0 Å². The van der Waals surface area contributed by atoms with E-state index in [1.54, 1.807) is 39.3 Å². The summed E-state index contributed by atoms with van der Waals surface area (Å²) in [7, 11) is 3.33. The zero-order valence-corrected chi connectivity index (χ0v) is 12.0. The number of nitrogens with zero attached hydrogens (tertiary/aromatic N) is 2. The molecule has 0 fully saturated rings. The first kappa shape index (κ1) is 15.7. The molecule has 0 radical (unpaired) electrons. The van der Waals surface area contributed by atoms with Gasteiger partial charge in [0.25, 0.3) is 0 Å². The van der Waals surface area contributed by atoms with Crippen molar-refractivity contribution >= 4 is 17.8 Å². The molecule has 0 spiro atoms. The van der Waals surface area contributed by atoms with E-state index in [4.69, 9.17) is 4.74 Å². The van der Waals surface area contributed by atoms with Crippen LogP contribution < -0.4 is 10.6 Å². The van der Waals surface area contributed by atoms with Gasteiger partial charge < -0.3 is 20.3 Å². The fourth-order valence-corrected chi connectivity index (χ4v) is 1.43. The van der Waals surface area contributed by atoms with Crippen LogP contribution in [0.1, 0.15) is 17.3 Å². The third-order valence-electron chi connectivity index (χ3n) is 2.40. The maximum atomic E-state index is 11.7. The standard InChI is InChI=1S/C13H20N4O3/c1-4-20-12(18)10-6-5-7-14-11(10)15-8-9-16-13(19)17(2)3/h5-7H,4,8-9H2,1-3H3,(H,14,15)(H,16,19). The molecule has 110 valence electrons. The number of nitrogens with one attached hydrogen (secondary N) is 2. The number of urea groups is 1. The molecule has 0 aromatic carbocycles. The summed E-state index contributed by atoms with van der Waals surface area (Å²) >= 11 is 0. The minimum Gasteiger partial charge on any atom is -0.462 e.